The van der Waals surface area contributed by atoms with Crippen LogP contribution in [0, 0.1) is 0 Å². The Balaban J connectivity index is 2.14. The molecular weight excluding hydrogens is 280 g/mol. The van der Waals surface area contributed by atoms with Gasteiger partial charge in [0.05, 0.1) is 6.04 Å². The Labute approximate surface area is 110 Å². The summed E-state index contributed by atoms with van der Waals surface area (Å²) >= 11 is 3.42. The van der Waals surface area contributed by atoms with Crippen molar-refractivity contribution in [3.05, 3.63) is 41.0 Å². The number of piperidine rings is 1. The van der Waals surface area contributed by atoms with E-state index in [1.807, 2.05) is 31.3 Å². The van der Waals surface area contributed by atoms with Crippen LogP contribution in [0.1, 0.15) is 12.8 Å². The average molecular weight is 295 g/mol. The molecule has 17 heavy (non-hydrogen) atoms. The van der Waals surface area contributed by atoms with E-state index in [-0.39, 0.29) is 11.9 Å². The van der Waals surface area contributed by atoms with Crippen molar-refractivity contribution in [1.29, 1.82) is 0 Å². The van der Waals surface area contributed by atoms with Crippen LogP contribution in [0.2, 0.25) is 0 Å². The van der Waals surface area contributed by atoms with Crippen LogP contribution in [0.15, 0.2) is 41.0 Å². The molecule has 90 valence electrons. The van der Waals surface area contributed by atoms with Crippen LogP contribution in [0.25, 0.3) is 0 Å². The van der Waals surface area contributed by atoms with Crippen LogP contribution in [0.5, 0.6) is 0 Å². The molecule has 1 aliphatic rings. The fourth-order valence-corrected chi connectivity index (χ4v) is 2.31. The van der Waals surface area contributed by atoms with Gasteiger partial charge in [-0.25, -0.2) is 0 Å². The van der Waals surface area contributed by atoms with E-state index in [1.54, 1.807) is 0 Å². The Morgan fingerprint density at radius 3 is 2.65 bits per heavy atom. The molecule has 0 spiro atoms. The first-order chi connectivity index (χ1) is 8.08. The maximum Gasteiger partial charge on any atom is 0.224 e. The summed E-state index contributed by atoms with van der Waals surface area (Å²) in [5.74, 6) is 0.0652. The number of likely N-dealkylation sites (N-methyl/N-ethyl adjacent to an activating group) is 1. The Morgan fingerprint density at radius 2 is 2.06 bits per heavy atom. The van der Waals surface area contributed by atoms with E-state index >= 15 is 0 Å². The largest absolute Gasteiger partial charge is 0.366 e. The molecule has 1 aliphatic heterocycles. The summed E-state index contributed by atoms with van der Waals surface area (Å²) in [6.07, 6.45) is 1.38. The van der Waals surface area contributed by atoms with Gasteiger partial charge in [-0.1, -0.05) is 22.5 Å². The molecule has 1 fully saturated rings. The van der Waals surface area contributed by atoms with Crippen molar-refractivity contribution in [2.45, 2.75) is 18.9 Å². The molecule has 0 radical (unpaired) electrons. The Morgan fingerprint density at radius 1 is 1.41 bits per heavy atom. The third-order valence-corrected chi connectivity index (χ3v) is 3.58. The minimum Gasteiger partial charge on any atom is -0.366 e. The van der Waals surface area contributed by atoms with Gasteiger partial charge in [-0.05, 0) is 30.7 Å². The molecule has 3 nitrogen and oxygen atoms in total. The van der Waals surface area contributed by atoms with Gasteiger partial charge in [0.2, 0.25) is 5.91 Å². The van der Waals surface area contributed by atoms with E-state index in [1.165, 1.54) is 0 Å². The van der Waals surface area contributed by atoms with E-state index in [9.17, 15) is 4.79 Å². The Bertz CT molecular complexity index is 441. The fraction of sp³-hybridized carbons (Fsp3) is 0.308. The number of hydrogen-bond donors (Lipinski definition) is 1. The zero-order valence-corrected chi connectivity index (χ0v) is 11.3. The highest BCUT2D eigenvalue weighted by molar-refractivity contribution is 9.10. The third-order valence-electron chi connectivity index (χ3n) is 3.05. The molecule has 1 amide bonds. The van der Waals surface area contributed by atoms with E-state index < -0.39 is 0 Å². The quantitative estimate of drug-likeness (QED) is 0.910. The van der Waals surface area contributed by atoms with Gasteiger partial charge in [-0.2, -0.15) is 0 Å². The predicted octanol–water partition coefficient (Wildman–Crippen LogP) is 2.68. The van der Waals surface area contributed by atoms with E-state index in [2.05, 4.69) is 32.7 Å². The van der Waals surface area contributed by atoms with Crippen molar-refractivity contribution in [2.24, 2.45) is 0 Å². The molecule has 1 atom stereocenters. The Hall–Kier alpha value is -1.29. The minimum absolute atomic E-state index is 0.0652. The lowest BCUT2D eigenvalue weighted by molar-refractivity contribution is -0.121. The number of halogens is 1. The normalized spacial score (nSPS) is 20.0. The molecule has 2 rings (SSSR count). The van der Waals surface area contributed by atoms with Crippen LogP contribution in [0.4, 0.5) is 5.69 Å². The van der Waals surface area contributed by atoms with E-state index in [4.69, 9.17) is 0 Å². The Kier molecular flexibility index (Phi) is 3.52. The monoisotopic (exact) mass is 294 g/mol. The number of hydrogen-bond acceptors (Lipinski definition) is 2. The van der Waals surface area contributed by atoms with Crippen LogP contribution >= 0.6 is 15.9 Å². The summed E-state index contributed by atoms with van der Waals surface area (Å²) in [7, 11) is 2.02. The molecule has 0 aliphatic carbocycles. The summed E-state index contributed by atoms with van der Waals surface area (Å²) in [5.41, 5.74) is 1.90. The second kappa shape index (κ2) is 4.92. The van der Waals surface area contributed by atoms with Crippen LogP contribution in [-0.2, 0) is 4.79 Å². The minimum atomic E-state index is 0.0652. The van der Waals surface area contributed by atoms with Gasteiger partial charge < -0.3 is 10.2 Å². The molecule has 1 aromatic carbocycles. The van der Waals surface area contributed by atoms with Crippen molar-refractivity contribution in [3.63, 3.8) is 0 Å². The van der Waals surface area contributed by atoms with Crippen LogP contribution in [0.3, 0.4) is 0 Å². The first-order valence-corrected chi connectivity index (χ1v) is 6.34. The fourth-order valence-electron chi connectivity index (χ4n) is 2.05. The highest BCUT2D eigenvalue weighted by atomic mass is 79.9. The SMILES string of the molecule is C=C1NC(=O)CCC1N(C)c1ccc(Br)cc1. The molecule has 0 saturated carbocycles. The standard InChI is InChI=1S/C13H15BrN2O/c1-9-12(7-8-13(17)15-9)16(2)11-5-3-10(14)4-6-11/h3-6,12H,1,7-8H2,2H3,(H,15,17). The lowest BCUT2D eigenvalue weighted by atomic mass is 10.0. The number of carbonyl (C=O) groups is 1. The number of carbonyl (C=O) groups excluding carboxylic acids is 1. The topological polar surface area (TPSA) is 32.3 Å². The van der Waals surface area contributed by atoms with Gasteiger partial charge >= 0.3 is 0 Å². The lowest BCUT2D eigenvalue weighted by Gasteiger charge is -2.34. The van der Waals surface area contributed by atoms with Gasteiger partial charge in [0.25, 0.3) is 0 Å². The second-order valence-electron chi connectivity index (χ2n) is 4.22. The van der Waals surface area contributed by atoms with E-state index in [0.717, 1.165) is 22.3 Å². The second-order valence-corrected chi connectivity index (χ2v) is 5.13. The average Bonchev–Trinajstić information content (AvgIpc) is 2.29. The van der Waals surface area contributed by atoms with Crippen molar-refractivity contribution in [1.82, 2.24) is 5.32 Å². The highest BCUT2D eigenvalue weighted by Gasteiger charge is 2.25. The molecule has 0 aromatic heterocycles. The van der Waals surface area contributed by atoms with Crippen molar-refractivity contribution >= 4 is 27.5 Å². The number of anilines is 1. The summed E-state index contributed by atoms with van der Waals surface area (Å²) in [5, 5.41) is 2.81. The molecule has 1 saturated heterocycles. The number of nitrogens with one attached hydrogen (secondary N) is 1. The van der Waals surface area contributed by atoms with Crippen molar-refractivity contribution in [2.75, 3.05) is 11.9 Å². The first-order valence-electron chi connectivity index (χ1n) is 5.55. The maximum absolute atomic E-state index is 11.2. The third kappa shape index (κ3) is 2.69. The molecule has 4 heteroatoms. The van der Waals surface area contributed by atoms with Gasteiger partial charge in [0.1, 0.15) is 0 Å². The molecule has 1 heterocycles. The molecule has 1 N–H and O–H groups in total. The number of amides is 1. The number of rotatable bonds is 2. The summed E-state index contributed by atoms with van der Waals surface area (Å²) < 4.78 is 1.06. The van der Waals surface area contributed by atoms with Crippen molar-refractivity contribution in [3.8, 4) is 0 Å². The summed E-state index contributed by atoms with van der Waals surface area (Å²) in [6.45, 7) is 3.93. The van der Waals surface area contributed by atoms with Gasteiger partial charge in [-0.15, -0.1) is 0 Å². The number of nitrogens with zero attached hydrogens (tertiary/aromatic N) is 1. The molecule has 1 aromatic rings. The van der Waals surface area contributed by atoms with Crippen LogP contribution < -0.4 is 10.2 Å². The molecule has 1 unspecified atom stereocenters. The van der Waals surface area contributed by atoms with Gasteiger partial charge in [0.15, 0.2) is 0 Å². The first kappa shape index (κ1) is 12.2. The predicted molar refractivity (Wildman–Crippen MR) is 72.8 cm³/mol. The lowest BCUT2D eigenvalue weighted by Crippen LogP contribution is -2.44. The van der Waals surface area contributed by atoms with E-state index in [0.29, 0.717) is 6.42 Å². The highest BCUT2D eigenvalue weighted by Crippen LogP contribution is 2.24. The number of benzene rings is 1. The van der Waals surface area contributed by atoms with Gasteiger partial charge in [-0.3, -0.25) is 4.79 Å². The van der Waals surface area contributed by atoms with Crippen LogP contribution in [-0.4, -0.2) is 19.0 Å². The molecular formula is C13H15BrN2O. The zero-order chi connectivity index (χ0) is 12.4. The summed E-state index contributed by atoms with van der Waals surface area (Å²) in [4.78, 5) is 13.4. The van der Waals surface area contributed by atoms with Gasteiger partial charge in [0, 0.05) is 29.3 Å². The summed E-state index contributed by atoms with van der Waals surface area (Å²) in [6, 6.07) is 8.29. The zero-order valence-electron chi connectivity index (χ0n) is 9.74. The smallest absolute Gasteiger partial charge is 0.224 e. The molecule has 0 bridgehead atoms. The maximum atomic E-state index is 11.2. The van der Waals surface area contributed by atoms with Crippen molar-refractivity contribution < 1.29 is 4.79 Å².